The van der Waals surface area contributed by atoms with Crippen molar-refractivity contribution in [1.29, 1.82) is 0 Å². The number of hydrogen-bond donors (Lipinski definition) is 0. The van der Waals surface area contributed by atoms with E-state index >= 15 is 0 Å². The van der Waals surface area contributed by atoms with Gasteiger partial charge < -0.3 is 9.47 Å². The fraction of sp³-hybridized carbons (Fsp3) is 0.526. The van der Waals surface area contributed by atoms with Gasteiger partial charge in [0, 0.05) is 12.0 Å². The number of ether oxygens (including phenoxy) is 2. The number of carbonyl (C=O) groups excluding carboxylic acids is 1. The maximum absolute atomic E-state index is 12.6. The molecule has 0 spiro atoms. The third kappa shape index (κ3) is 5.31. The lowest BCUT2D eigenvalue weighted by Gasteiger charge is -2.05. The molecule has 0 atom stereocenters. The van der Waals surface area contributed by atoms with E-state index in [1.807, 2.05) is 24.3 Å². The summed E-state index contributed by atoms with van der Waals surface area (Å²) in [5, 5.41) is 4.28. The minimum absolute atomic E-state index is 0.0582. The van der Waals surface area contributed by atoms with Crippen LogP contribution >= 0.6 is 0 Å². The largest absolute Gasteiger partial charge is 0.497 e. The minimum Gasteiger partial charge on any atom is -0.497 e. The first kappa shape index (κ1) is 19.0. The lowest BCUT2D eigenvalue weighted by Crippen LogP contribution is -2.14. The normalized spacial score (nSPS) is 10.7. The molecule has 0 unspecified atom stereocenters. The van der Waals surface area contributed by atoms with Crippen LogP contribution in [0.25, 0.3) is 11.4 Å². The molecule has 0 aliphatic rings. The van der Waals surface area contributed by atoms with Crippen molar-refractivity contribution in [1.82, 2.24) is 14.8 Å². The summed E-state index contributed by atoms with van der Waals surface area (Å²) >= 11 is 0. The van der Waals surface area contributed by atoms with Crippen LogP contribution in [0.4, 0.5) is 0 Å². The van der Waals surface area contributed by atoms with Crippen molar-refractivity contribution in [3.05, 3.63) is 24.3 Å². The van der Waals surface area contributed by atoms with Crippen LogP contribution in [0.5, 0.6) is 11.8 Å². The lowest BCUT2D eigenvalue weighted by atomic mass is 10.2. The molecular formula is C19H27N3O3. The summed E-state index contributed by atoms with van der Waals surface area (Å²) in [7, 11) is 1.62. The van der Waals surface area contributed by atoms with Crippen molar-refractivity contribution in [3.8, 4) is 23.1 Å². The quantitative estimate of drug-likeness (QED) is 0.599. The standard InChI is InChI=1S/C19H27N3O3/c1-4-6-8-9-17(23)22-18(15-10-12-16(24-3)13-11-15)20-19(21-22)25-14-7-5-2/h10-13H,4-9,14H2,1-3H3. The number of aromatic nitrogens is 3. The number of unbranched alkanes of at least 4 members (excludes halogenated alkanes) is 3. The highest BCUT2D eigenvalue weighted by atomic mass is 16.5. The molecule has 25 heavy (non-hydrogen) atoms. The molecule has 0 saturated heterocycles. The van der Waals surface area contributed by atoms with Crippen molar-refractivity contribution < 1.29 is 14.3 Å². The Kier molecular flexibility index (Phi) is 7.44. The van der Waals surface area contributed by atoms with Gasteiger partial charge in [0.15, 0.2) is 5.82 Å². The van der Waals surface area contributed by atoms with E-state index in [1.165, 1.54) is 4.68 Å². The average molecular weight is 345 g/mol. The van der Waals surface area contributed by atoms with Crippen molar-refractivity contribution in [2.45, 2.75) is 52.4 Å². The summed E-state index contributed by atoms with van der Waals surface area (Å²) < 4.78 is 12.1. The molecule has 0 amide bonds. The minimum atomic E-state index is -0.0582. The SMILES string of the molecule is CCCCCC(=O)n1nc(OCCCC)nc1-c1ccc(OC)cc1. The summed E-state index contributed by atoms with van der Waals surface area (Å²) in [4.78, 5) is 17.0. The monoisotopic (exact) mass is 345 g/mol. The molecule has 136 valence electrons. The molecular weight excluding hydrogens is 318 g/mol. The number of methoxy groups -OCH3 is 1. The zero-order chi connectivity index (χ0) is 18.1. The van der Waals surface area contributed by atoms with Crippen LogP contribution in [0.1, 0.15) is 57.2 Å². The summed E-state index contributed by atoms with van der Waals surface area (Å²) in [6, 6.07) is 7.67. The predicted molar refractivity (Wildman–Crippen MR) is 97.2 cm³/mol. The van der Waals surface area contributed by atoms with Crippen molar-refractivity contribution in [2.24, 2.45) is 0 Å². The van der Waals surface area contributed by atoms with Crippen LogP contribution in [0, 0.1) is 0 Å². The van der Waals surface area contributed by atoms with Gasteiger partial charge in [-0.05, 0) is 37.1 Å². The van der Waals surface area contributed by atoms with Crippen molar-refractivity contribution >= 4 is 5.91 Å². The molecule has 2 rings (SSSR count). The Morgan fingerprint density at radius 3 is 2.44 bits per heavy atom. The average Bonchev–Trinajstić information content (AvgIpc) is 3.06. The topological polar surface area (TPSA) is 66.2 Å². The highest BCUT2D eigenvalue weighted by Crippen LogP contribution is 2.23. The second-order valence-corrected chi connectivity index (χ2v) is 5.91. The van der Waals surface area contributed by atoms with E-state index in [0.29, 0.717) is 18.9 Å². The fourth-order valence-corrected chi connectivity index (χ4v) is 2.40. The lowest BCUT2D eigenvalue weighted by molar-refractivity contribution is 0.0883. The molecule has 0 aliphatic heterocycles. The van der Waals surface area contributed by atoms with Gasteiger partial charge >= 0.3 is 6.01 Å². The Balaban J connectivity index is 2.25. The first-order valence-corrected chi connectivity index (χ1v) is 8.97. The van der Waals surface area contributed by atoms with Crippen molar-refractivity contribution in [2.75, 3.05) is 13.7 Å². The van der Waals surface area contributed by atoms with Gasteiger partial charge in [-0.15, -0.1) is 5.10 Å². The molecule has 0 radical (unpaired) electrons. The molecule has 6 nitrogen and oxygen atoms in total. The summed E-state index contributed by atoms with van der Waals surface area (Å²) in [6.45, 7) is 4.75. The van der Waals surface area contributed by atoms with Crippen LogP contribution in [0.3, 0.4) is 0 Å². The Hall–Kier alpha value is -2.37. The van der Waals surface area contributed by atoms with Crippen LogP contribution < -0.4 is 9.47 Å². The number of carbonyl (C=O) groups is 1. The molecule has 0 bridgehead atoms. The van der Waals surface area contributed by atoms with Crippen LogP contribution in [0.15, 0.2) is 24.3 Å². The van der Waals surface area contributed by atoms with E-state index in [2.05, 4.69) is 23.9 Å². The second-order valence-electron chi connectivity index (χ2n) is 5.91. The molecule has 0 fully saturated rings. The summed E-state index contributed by atoms with van der Waals surface area (Å²) in [5.41, 5.74) is 0.808. The van der Waals surface area contributed by atoms with E-state index < -0.39 is 0 Å². The van der Waals surface area contributed by atoms with Gasteiger partial charge in [0.1, 0.15) is 5.75 Å². The van der Waals surface area contributed by atoms with E-state index in [4.69, 9.17) is 9.47 Å². The van der Waals surface area contributed by atoms with Gasteiger partial charge in [0.05, 0.1) is 13.7 Å². The molecule has 0 aliphatic carbocycles. The number of nitrogens with zero attached hydrogens (tertiary/aromatic N) is 3. The van der Waals surface area contributed by atoms with Gasteiger partial charge in [-0.2, -0.15) is 9.67 Å². The van der Waals surface area contributed by atoms with Gasteiger partial charge in [-0.25, -0.2) is 0 Å². The molecule has 1 heterocycles. The fourth-order valence-electron chi connectivity index (χ4n) is 2.40. The number of benzene rings is 1. The Bertz CT molecular complexity index is 665. The maximum atomic E-state index is 12.6. The van der Waals surface area contributed by atoms with Gasteiger partial charge in [-0.1, -0.05) is 33.1 Å². The molecule has 2 aromatic rings. The van der Waals surface area contributed by atoms with E-state index in [0.717, 1.165) is 43.4 Å². The van der Waals surface area contributed by atoms with Gasteiger partial charge in [0.25, 0.3) is 0 Å². The smallest absolute Gasteiger partial charge is 0.336 e. The number of rotatable bonds is 10. The molecule has 6 heteroatoms. The number of hydrogen-bond acceptors (Lipinski definition) is 5. The Morgan fingerprint density at radius 2 is 1.80 bits per heavy atom. The van der Waals surface area contributed by atoms with E-state index in [1.54, 1.807) is 7.11 Å². The third-order valence-corrected chi connectivity index (χ3v) is 3.90. The molecule has 1 aromatic carbocycles. The molecule has 0 saturated carbocycles. The zero-order valence-electron chi connectivity index (χ0n) is 15.3. The van der Waals surface area contributed by atoms with Crippen molar-refractivity contribution in [3.63, 3.8) is 0 Å². The highest BCUT2D eigenvalue weighted by molar-refractivity contribution is 5.82. The van der Waals surface area contributed by atoms with Gasteiger partial charge in [0.2, 0.25) is 5.91 Å². The molecule has 0 N–H and O–H groups in total. The summed E-state index contributed by atoms with van der Waals surface area (Å²) in [5.74, 6) is 1.20. The van der Waals surface area contributed by atoms with E-state index in [-0.39, 0.29) is 11.9 Å². The Morgan fingerprint density at radius 1 is 1.08 bits per heavy atom. The van der Waals surface area contributed by atoms with Crippen LogP contribution in [-0.4, -0.2) is 34.4 Å². The molecule has 1 aromatic heterocycles. The summed E-state index contributed by atoms with van der Waals surface area (Å²) in [6.07, 6.45) is 5.36. The van der Waals surface area contributed by atoms with Crippen LogP contribution in [-0.2, 0) is 0 Å². The predicted octanol–water partition coefficient (Wildman–Crippen LogP) is 4.35. The first-order chi connectivity index (χ1) is 12.2. The Labute approximate surface area is 149 Å². The second kappa shape index (κ2) is 9.81. The third-order valence-electron chi connectivity index (χ3n) is 3.90. The van der Waals surface area contributed by atoms with Gasteiger partial charge in [-0.3, -0.25) is 4.79 Å². The highest BCUT2D eigenvalue weighted by Gasteiger charge is 2.18. The zero-order valence-corrected chi connectivity index (χ0v) is 15.3. The maximum Gasteiger partial charge on any atom is 0.336 e. The van der Waals surface area contributed by atoms with Crippen LogP contribution in [0.2, 0.25) is 0 Å². The van der Waals surface area contributed by atoms with E-state index in [9.17, 15) is 4.79 Å². The first-order valence-electron chi connectivity index (χ1n) is 8.97.